The Morgan fingerprint density at radius 3 is 2.15 bits per heavy atom. The molecule has 1 aliphatic heterocycles. The molecule has 0 aliphatic carbocycles. The highest BCUT2D eigenvalue weighted by Gasteiger charge is 2.18. The van der Waals surface area contributed by atoms with E-state index in [1.165, 1.54) is 38.4 Å². The molecule has 0 bridgehead atoms. The fraction of sp³-hybridized carbons (Fsp3) is 0.294. The molecule has 0 unspecified atom stereocenters. The van der Waals surface area contributed by atoms with Crippen molar-refractivity contribution in [2.75, 3.05) is 13.1 Å². The van der Waals surface area contributed by atoms with Gasteiger partial charge in [0.1, 0.15) is 5.69 Å². The molecule has 26 heavy (non-hydrogen) atoms. The fourth-order valence-corrected chi connectivity index (χ4v) is 2.62. The number of rotatable bonds is 3. The molecule has 1 saturated heterocycles. The first-order valence-electron chi connectivity index (χ1n) is 8.13. The summed E-state index contributed by atoms with van der Waals surface area (Å²) in [7, 11) is 0. The van der Waals surface area contributed by atoms with Crippen LogP contribution in [0.3, 0.4) is 0 Å². The second-order valence-electron chi connectivity index (χ2n) is 5.62. The number of hydrogen-bond acceptors (Lipinski definition) is 5. The first-order chi connectivity index (χ1) is 12.5. The fourth-order valence-electron chi connectivity index (χ4n) is 2.35. The number of aromatic nitrogens is 2. The van der Waals surface area contributed by atoms with E-state index in [1.54, 1.807) is 30.3 Å². The molecule has 2 heterocycles. The van der Waals surface area contributed by atoms with Crippen LogP contribution in [0.4, 0.5) is 5.69 Å². The van der Waals surface area contributed by atoms with Gasteiger partial charge in [-0.15, -0.1) is 0 Å². The first-order valence-corrected chi connectivity index (χ1v) is 8.92. The highest BCUT2D eigenvalue weighted by atomic mass is 79.9. The predicted molar refractivity (Wildman–Crippen MR) is 104 cm³/mol. The lowest BCUT2D eigenvalue weighted by Crippen LogP contribution is -2.25. The maximum absolute atomic E-state index is 11.4. The molecule has 3 N–H and O–H groups in total. The Morgan fingerprint density at radius 2 is 1.65 bits per heavy atom. The van der Waals surface area contributed by atoms with Crippen LogP contribution in [-0.4, -0.2) is 28.0 Å². The Balaban J connectivity index is 0.000000342. The van der Waals surface area contributed by atoms with Crippen molar-refractivity contribution in [3.05, 3.63) is 70.9 Å². The highest BCUT2D eigenvalue weighted by molar-refractivity contribution is 9.10. The van der Waals surface area contributed by atoms with E-state index in [9.17, 15) is 19.7 Å². The molecular weight excluding hydrogens is 404 g/mol. The number of nitrogens with one attached hydrogen (secondary N) is 3. The van der Waals surface area contributed by atoms with Crippen molar-refractivity contribution in [3.63, 3.8) is 0 Å². The van der Waals surface area contributed by atoms with E-state index >= 15 is 0 Å². The van der Waals surface area contributed by atoms with Crippen molar-refractivity contribution in [1.82, 2.24) is 15.3 Å². The lowest BCUT2D eigenvalue weighted by atomic mass is 10.2. The summed E-state index contributed by atoms with van der Waals surface area (Å²) in [6.07, 6.45) is 7.09. The van der Waals surface area contributed by atoms with Gasteiger partial charge in [0.05, 0.1) is 4.92 Å². The summed E-state index contributed by atoms with van der Waals surface area (Å²) in [6, 6.07) is 7.15. The van der Waals surface area contributed by atoms with Crippen LogP contribution in [0.2, 0.25) is 0 Å². The van der Waals surface area contributed by atoms with Gasteiger partial charge >= 0.3 is 16.9 Å². The Kier molecular flexibility index (Phi) is 7.49. The normalized spacial score (nSPS) is 13.9. The SMILES string of the molecule is C1CCNCC1.O=c1[nH]c(/C=C/c2ccc(Br)cc2)c([N+](=O)[O-])c(=O)[nH]1. The zero-order valence-corrected chi connectivity index (χ0v) is 15.5. The molecule has 8 nitrogen and oxygen atoms in total. The minimum atomic E-state index is -1.03. The maximum Gasteiger partial charge on any atom is 0.357 e. The van der Waals surface area contributed by atoms with Crippen LogP contribution in [0.5, 0.6) is 0 Å². The smallest absolute Gasteiger partial charge is 0.317 e. The van der Waals surface area contributed by atoms with Crippen LogP contribution < -0.4 is 16.6 Å². The first kappa shape index (κ1) is 19.8. The average Bonchev–Trinajstić information content (AvgIpc) is 2.62. The summed E-state index contributed by atoms with van der Waals surface area (Å²) in [5, 5.41) is 14.1. The van der Waals surface area contributed by atoms with Crippen LogP contribution >= 0.6 is 15.9 Å². The van der Waals surface area contributed by atoms with Gasteiger partial charge in [0, 0.05) is 4.47 Å². The van der Waals surface area contributed by atoms with Gasteiger partial charge in [-0.2, -0.15) is 0 Å². The number of nitrogens with zero attached hydrogens (tertiary/aromatic N) is 1. The van der Waals surface area contributed by atoms with E-state index < -0.39 is 21.9 Å². The number of nitro groups is 1. The Hall–Kier alpha value is -2.52. The third kappa shape index (κ3) is 6.08. The van der Waals surface area contributed by atoms with Crippen LogP contribution in [0.15, 0.2) is 38.3 Å². The van der Waals surface area contributed by atoms with Gasteiger partial charge in [-0.3, -0.25) is 19.9 Å². The molecule has 3 rings (SSSR count). The minimum absolute atomic E-state index is 0.147. The number of hydrogen-bond donors (Lipinski definition) is 3. The summed E-state index contributed by atoms with van der Waals surface area (Å²) < 4.78 is 0.894. The Morgan fingerprint density at radius 1 is 1.00 bits per heavy atom. The largest absolute Gasteiger partial charge is 0.357 e. The molecule has 1 aromatic heterocycles. The molecule has 9 heteroatoms. The zero-order valence-electron chi connectivity index (χ0n) is 14.0. The lowest BCUT2D eigenvalue weighted by Gasteiger charge is -2.08. The van der Waals surface area contributed by atoms with Gasteiger partial charge in [-0.1, -0.05) is 40.6 Å². The molecule has 1 aliphatic rings. The monoisotopic (exact) mass is 422 g/mol. The topological polar surface area (TPSA) is 121 Å². The molecule has 0 radical (unpaired) electrons. The van der Waals surface area contributed by atoms with Crippen LogP contribution in [0.25, 0.3) is 12.2 Å². The standard InChI is InChI=1S/C12H8BrN3O4.C5H11N/c13-8-4-1-7(2-5-8)3-6-9-10(16(19)20)11(17)15-12(18)14-9;1-2-4-6-5-3-1/h1-6H,(H2,14,15,17,18);6H,1-5H2/b6-3+;. The van der Waals surface area contributed by atoms with Gasteiger partial charge in [-0.25, -0.2) is 4.79 Å². The molecule has 0 amide bonds. The van der Waals surface area contributed by atoms with Crippen LogP contribution in [0, 0.1) is 10.1 Å². The summed E-state index contributed by atoms with van der Waals surface area (Å²) in [4.78, 5) is 36.6. The molecule has 1 fully saturated rings. The van der Waals surface area contributed by atoms with Crippen molar-refractivity contribution >= 4 is 33.8 Å². The van der Waals surface area contributed by atoms with Crippen LogP contribution in [0.1, 0.15) is 30.5 Å². The summed E-state index contributed by atoms with van der Waals surface area (Å²) in [5.41, 5.74) is -1.90. The summed E-state index contributed by atoms with van der Waals surface area (Å²) in [6.45, 7) is 2.50. The highest BCUT2D eigenvalue weighted by Crippen LogP contribution is 2.15. The second-order valence-corrected chi connectivity index (χ2v) is 6.54. The van der Waals surface area contributed by atoms with E-state index in [-0.39, 0.29) is 5.69 Å². The van der Waals surface area contributed by atoms with E-state index in [0.717, 1.165) is 10.0 Å². The van der Waals surface area contributed by atoms with E-state index in [1.807, 2.05) is 4.98 Å². The molecule has 0 saturated carbocycles. The second kappa shape index (κ2) is 9.83. The predicted octanol–water partition coefficient (Wildman–Crippen LogP) is 2.66. The molecule has 0 spiro atoms. The summed E-state index contributed by atoms with van der Waals surface area (Å²) >= 11 is 3.28. The van der Waals surface area contributed by atoms with E-state index in [2.05, 4.69) is 26.2 Å². The van der Waals surface area contributed by atoms with Gasteiger partial charge in [0.2, 0.25) is 0 Å². The van der Waals surface area contributed by atoms with Crippen molar-refractivity contribution in [2.45, 2.75) is 19.3 Å². The Labute approximate surface area is 157 Å². The minimum Gasteiger partial charge on any atom is -0.317 e. The average molecular weight is 423 g/mol. The number of aromatic amines is 2. The van der Waals surface area contributed by atoms with Gasteiger partial charge in [0.15, 0.2) is 0 Å². The third-order valence-corrected chi connectivity index (χ3v) is 4.18. The number of benzene rings is 1. The number of H-pyrrole nitrogens is 2. The number of piperidine rings is 1. The van der Waals surface area contributed by atoms with Crippen LogP contribution in [-0.2, 0) is 0 Å². The van der Waals surface area contributed by atoms with Crippen molar-refractivity contribution in [2.24, 2.45) is 0 Å². The van der Waals surface area contributed by atoms with Crippen molar-refractivity contribution in [3.8, 4) is 0 Å². The van der Waals surface area contributed by atoms with E-state index in [0.29, 0.717) is 0 Å². The molecule has 1 aromatic carbocycles. The molecular formula is C17H19BrN4O4. The third-order valence-electron chi connectivity index (χ3n) is 3.65. The van der Waals surface area contributed by atoms with Gasteiger partial charge in [-0.05, 0) is 49.7 Å². The maximum atomic E-state index is 11.4. The summed E-state index contributed by atoms with van der Waals surface area (Å²) in [5.74, 6) is 0. The van der Waals surface area contributed by atoms with Gasteiger partial charge < -0.3 is 10.3 Å². The number of halogens is 1. The zero-order chi connectivity index (χ0) is 18.9. The molecule has 0 atom stereocenters. The van der Waals surface area contributed by atoms with Crippen molar-refractivity contribution in [1.29, 1.82) is 0 Å². The van der Waals surface area contributed by atoms with Crippen molar-refractivity contribution < 1.29 is 4.92 Å². The molecule has 2 aromatic rings. The molecule has 138 valence electrons. The Bertz CT molecular complexity index is 871. The quantitative estimate of drug-likeness (QED) is 0.518. The van der Waals surface area contributed by atoms with Gasteiger partial charge in [0.25, 0.3) is 0 Å². The lowest BCUT2D eigenvalue weighted by molar-refractivity contribution is -0.386. The van der Waals surface area contributed by atoms with E-state index in [4.69, 9.17) is 0 Å².